The van der Waals surface area contributed by atoms with Gasteiger partial charge in [0.1, 0.15) is 6.61 Å². The zero-order valence-corrected chi connectivity index (χ0v) is 32.0. The van der Waals surface area contributed by atoms with Crippen molar-refractivity contribution in [1.82, 2.24) is 4.57 Å². The first-order valence-corrected chi connectivity index (χ1v) is 17.9. The third kappa shape index (κ3) is 8.33. The largest absolute Gasteiger partial charge is 0.490 e. The molecule has 2 heterocycles. The molecule has 0 N–H and O–H groups in total. The highest BCUT2D eigenvalue weighted by molar-refractivity contribution is 9.10. The van der Waals surface area contributed by atoms with Crippen molar-refractivity contribution < 1.29 is 38.2 Å². The zero-order chi connectivity index (χ0) is 37.7. The molecular weight excluding hydrogens is 805 g/mol. The number of carbonyl (C=O) groups is 2. The number of hydrogen-bond donors (Lipinski definition) is 0. The third-order valence-electron chi connectivity index (χ3n) is 7.58. The predicted octanol–water partition coefficient (Wildman–Crippen LogP) is 6.31. The predicted molar refractivity (Wildman–Crippen MR) is 197 cm³/mol. The van der Waals surface area contributed by atoms with Crippen molar-refractivity contribution in [2.75, 3.05) is 26.9 Å². The normalized spacial score (nSPS) is 14.0. The summed E-state index contributed by atoms with van der Waals surface area (Å²) in [6, 6.07) is 11.6. The highest BCUT2D eigenvalue weighted by Gasteiger charge is 2.34. The molecule has 0 radical (unpaired) electrons. The van der Waals surface area contributed by atoms with E-state index in [2.05, 4.69) is 25.7 Å². The van der Waals surface area contributed by atoms with Gasteiger partial charge in [0, 0.05) is 6.07 Å². The van der Waals surface area contributed by atoms with Crippen LogP contribution in [0.25, 0.3) is 6.08 Å². The minimum atomic E-state index is -0.996. The van der Waals surface area contributed by atoms with Crippen LogP contribution in [0.3, 0.4) is 0 Å². The number of rotatable bonds is 13. The molecule has 0 spiro atoms. The van der Waals surface area contributed by atoms with Crippen molar-refractivity contribution in [3.05, 3.63) is 121 Å². The van der Waals surface area contributed by atoms with Gasteiger partial charge in [-0.15, -0.1) is 0 Å². The molecule has 1 aromatic heterocycles. The van der Waals surface area contributed by atoms with Crippen molar-refractivity contribution >= 4 is 74.2 Å². The van der Waals surface area contributed by atoms with Gasteiger partial charge in [-0.1, -0.05) is 46.7 Å². The summed E-state index contributed by atoms with van der Waals surface area (Å²) in [7, 11) is 1.24. The maximum absolute atomic E-state index is 14.2. The van der Waals surface area contributed by atoms with Crippen LogP contribution in [0.5, 0.6) is 17.2 Å². The number of benzene rings is 3. The maximum atomic E-state index is 14.2. The number of esters is 2. The molecular formula is C35H30BrCl2N3O10S. The fraction of sp³-hybridized carbons (Fsp3) is 0.257. The Labute approximate surface area is 318 Å². The fourth-order valence-electron chi connectivity index (χ4n) is 5.28. The molecule has 1 atom stereocenters. The molecule has 272 valence electrons. The second-order valence-electron chi connectivity index (χ2n) is 11.0. The van der Waals surface area contributed by atoms with Crippen LogP contribution in [0.4, 0.5) is 5.69 Å². The first-order valence-electron chi connectivity index (χ1n) is 15.6. The zero-order valence-electron chi connectivity index (χ0n) is 28.1. The van der Waals surface area contributed by atoms with Gasteiger partial charge in [0.05, 0.1) is 61.6 Å². The second kappa shape index (κ2) is 16.8. The van der Waals surface area contributed by atoms with Gasteiger partial charge < -0.3 is 23.7 Å². The van der Waals surface area contributed by atoms with Gasteiger partial charge in [0.2, 0.25) is 5.75 Å². The summed E-state index contributed by atoms with van der Waals surface area (Å²) in [5, 5.41) is 12.9. The summed E-state index contributed by atoms with van der Waals surface area (Å²) in [5.74, 6) is -0.762. The Bertz CT molecular complexity index is 2290. The van der Waals surface area contributed by atoms with Crippen LogP contribution in [-0.4, -0.2) is 48.4 Å². The monoisotopic (exact) mass is 833 g/mol. The summed E-state index contributed by atoms with van der Waals surface area (Å²) in [6.07, 6.45) is 1.50. The molecule has 13 nitrogen and oxygen atoms in total. The van der Waals surface area contributed by atoms with Gasteiger partial charge in [-0.2, -0.15) is 0 Å². The van der Waals surface area contributed by atoms with Crippen LogP contribution in [0.15, 0.2) is 74.1 Å². The summed E-state index contributed by atoms with van der Waals surface area (Å²) >= 11 is 16.5. The molecule has 17 heteroatoms. The Hall–Kier alpha value is -4.70. The number of methoxy groups -OCH3 is 1. The molecule has 0 fully saturated rings. The SMILES string of the molecule is CCOC(=O)C1=C(C)N=c2s/c(=C/c3cc(Br)c(OCc4ccc(Cl)c(Cl)c4)c([N+](=O)[O-])c3)c(=O)n2[C@H]1c1ccc(OCC(=O)OC)c(OCC)c1. The number of ether oxygens (including phenoxy) is 5. The van der Waals surface area contributed by atoms with Crippen molar-refractivity contribution in [3.8, 4) is 17.2 Å². The number of carbonyl (C=O) groups excluding carboxylic acids is 2. The molecule has 0 saturated heterocycles. The number of nitro benzene ring substituents is 1. The maximum Gasteiger partial charge on any atom is 0.343 e. The molecule has 3 aromatic carbocycles. The summed E-state index contributed by atoms with van der Waals surface area (Å²) in [5.41, 5.74) is 1.06. The Morgan fingerprint density at radius 2 is 1.81 bits per heavy atom. The molecule has 5 rings (SSSR count). The molecule has 4 aromatic rings. The second-order valence-corrected chi connectivity index (χ2v) is 13.6. The van der Waals surface area contributed by atoms with Crippen LogP contribution < -0.4 is 29.1 Å². The van der Waals surface area contributed by atoms with E-state index in [9.17, 15) is 24.5 Å². The van der Waals surface area contributed by atoms with E-state index in [1.54, 1.807) is 63.2 Å². The Morgan fingerprint density at radius 1 is 1.04 bits per heavy atom. The van der Waals surface area contributed by atoms with Gasteiger partial charge in [0.25, 0.3) is 5.56 Å². The minimum Gasteiger partial charge on any atom is -0.490 e. The van der Waals surface area contributed by atoms with Crippen LogP contribution in [-0.2, 0) is 25.7 Å². The lowest BCUT2D eigenvalue weighted by Crippen LogP contribution is -2.40. The van der Waals surface area contributed by atoms with Crippen molar-refractivity contribution in [3.63, 3.8) is 0 Å². The van der Waals surface area contributed by atoms with E-state index in [1.807, 2.05) is 0 Å². The van der Waals surface area contributed by atoms with Crippen LogP contribution in [0, 0.1) is 10.1 Å². The smallest absolute Gasteiger partial charge is 0.343 e. The number of nitrogens with zero attached hydrogens (tertiary/aromatic N) is 3. The van der Waals surface area contributed by atoms with E-state index < -0.39 is 28.5 Å². The third-order valence-corrected chi connectivity index (χ3v) is 9.89. The number of allylic oxidation sites excluding steroid dienone is 1. The molecule has 52 heavy (non-hydrogen) atoms. The van der Waals surface area contributed by atoms with Gasteiger partial charge >= 0.3 is 17.6 Å². The van der Waals surface area contributed by atoms with Gasteiger partial charge in [-0.3, -0.25) is 19.5 Å². The molecule has 0 amide bonds. The Balaban J connectivity index is 1.60. The van der Waals surface area contributed by atoms with Crippen LogP contribution in [0.1, 0.15) is 43.5 Å². The first kappa shape index (κ1) is 38.5. The highest BCUT2D eigenvalue weighted by Crippen LogP contribution is 2.39. The van der Waals surface area contributed by atoms with Crippen molar-refractivity contribution in [2.45, 2.75) is 33.4 Å². The number of fused-ring (bicyclic) bond motifs is 1. The van der Waals surface area contributed by atoms with Crippen molar-refractivity contribution in [1.29, 1.82) is 0 Å². The van der Waals surface area contributed by atoms with E-state index in [-0.39, 0.29) is 68.7 Å². The lowest BCUT2D eigenvalue weighted by Gasteiger charge is -2.25. The van der Waals surface area contributed by atoms with Crippen LogP contribution in [0.2, 0.25) is 10.0 Å². The molecule has 0 unspecified atom stereocenters. The molecule has 0 saturated carbocycles. The average molecular weight is 836 g/mol. The lowest BCUT2D eigenvalue weighted by molar-refractivity contribution is -0.386. The number of aromatic nitrogens is 1. The summed E-state index contributed by atoms with van der Waals surface area (Å²) in [6.45, 7) is 5.02. The first-order chi connectivity index (χ1) is 24.9. The summed E-state index contributed by atoms with van der Waals surface area (Å²) < 4.78 is 29.1. The fourth-order valence-corrected chi connectivity index (χ4v) is 7.23. The molecule has 0 bridgehead atoms. The number of hydrogen-bond acceptors (Lipinski definition) is 12. The van der Waals surface area contributed by atoms with E-state index in [0.29, 0.717) is 32.4 Å². The number of halogens is 3. The van der Waals surface area contributed by atoms with Crippen LogP contribution >= 0.6 is 50.5 Å². The molecule has 1 aliphatic rings. The van der Waals surface area contributed by atoms with Gasteiger partial charge in [-0.05, 0) is 89.8 Å². The Kier molecular flexibility index (Phi) is 12.4. The Morgan fingerprint density at radius 3 is 2.48 bits per heavy atom. The molecule has 0 aliphatic carbocycles. The minimum absolute atomic E-state index is 0.0199. The average Bonchev–Trinajstić information content (AvgIpc) is 3.41. The standard InChI is InChI=1S/C35H30BrCl2N3O10S/c1-5-48-27-15-21(8-10-26(27)50-17-29(42)47-4)31-30(34(44)49-6-2)18(3)39-35-40(31)33(43)28(52-35)14-20-11-22(36)32(25(13-20)41(45)46)51-16-19-7-9-23(37)24(38)12-19/h7-15,31H,5-6,16-17H2,1-4H3/b28-14+/t31-/m0/s1. The molecule has 1 aliphatic heterocycles. The van der Waals surface area contributed by atoms with Gasteiger partial charge in [0.15, 0.2) is 22.9 Å². The lowest BCUT2D eigenvalue weighted by atomic mass is 9.95. The highest BCUT2D eigenvalue weighted by atomic mass is 79.9. The quantitative estimate of drug-likeness (QED) is 0.0850. The van der Waals surface area contributed by atoms with Gasteiger partial charge in [-0.25, -0.2) is 14.6 Å². The van der Waals surface area contributed by atoms with Crippen molar-refractivity contribution in [2.24, 2.45) is 4.99 Å². The van der Waals surface area contributed by atoms with E-state index >= 15 is 0 Å². The number of nitro groups is 1. The van der Waals surface area contributed by atoms with E-state index in [0.717, 1.165) is 11.3 Å². The topological polar surface area (TPSA) is 158 Å². The summed E-state index contributed by atoms with van der Waals surface area (Å²) in [4.78, 5) is 55.8. The number of thiazole rings is 1. The van der Waals surface area contributed by atoms with E-state index in [4.69, 9.17) is 42.1 Å². The van der Waals surface area contributed by atoms with E-state index in [1.165, 1.54) is 23.8 Å².